The van der Waals surface area contributed by atoms with E-state index in [9.17, 15) is 19.2 Å². The molecule has 11 nitrogen and oxygen atoms in total. The SMILES string of the molecule is CC(=O)OC[C@H]1O[C@@H](n2c(=S)nc(C)[nH]c2=O)[C@H](OC(C)=O)[C@@H]1OC(C)=O. The molecule has 0 aliphatic carbocycles. The second-order valence-corrected chi connectivity index (χ2v) is 6.16. The first-order valence-corrected chi connectivity index (χ1v) is 8.33. The van der Waals surface area contributed by atoms with Gasteiger partial charge in [0.25, 0.3) is 0 Å². The Kier molecular flexibility index (Phi) is 6.44. The fourth-order valence-electron chi connectivity index (χ4n) is 2.65. The van der Waals surface area contributed by atoms with Gasteiger partial charge in [0.15, 0.2) is 18.4 Å². The van der Waals surface area contributed by atoms with Gasteiger partial charge in [-0.2, -0.15) is 0 Å². The zero-order valence-corrected chi connectivity index (χ0v) is 15.9. The first-order valence-electron chi connectivity index (χ1n) is 7.93. The van der Waals surface area contributed by atoms with Crippen LogP contribution >= 0.6 is 12.2 Å². The summed E-state index contributed by atoms with van der Waals surface area (Å²) in [5, 5.41) is 0. The number of aromatic amines is 1. The van der Waals surface area contributed by atoms with Gasteiger partial charge in [0, 0.05) is 20.8 Å². The second kappa shape index (κ2) is 8.39. The van der Waals surface area contributed by atoms with Gasteiger partial charge in [0.05, 0.1) is 0 Å². The number of hydrogen-bond acceptors (Lipinski definition) is 10. The van der Waals surface area contributed by atoms with Crippen LogP contribution in [0.1, 0.15) is 32.8 Å². The van der Waals surface area contributed by atoms with Gasteiger partial charge in [-0.25, -0.2) is 14.3 Å². The van der Waals surface area contributed by atoms with E-state index in [0.29, 0.717) is 0 Å². The number of hydrogen-bond donors (Lipinski definition) is 1. The number of nitrogens with zero attached hydrogens (tertiary/aromatic N) is 2. The van der Waals surface area contributed by atoms with E-state index in [4.69, 9.17) is 31.2 Å². The molecule has 0 aromatic carbocycles. The van der Waals surface area contributed by atoms with Crippen molar-refractivity contribution in [2.24, 2.45) is 0 Å². The number of aryl methyl sites for hydroxylation is 1. The summed E-state index contributed by atoms with van der Waals surface area (Å²) in [4.78, 5) is 53.0. The number of H-pyrrole nitrogens is 1. The van der Waals surface area contributed by atoms with Gasteiger partial charge in [0.2, 0.25) is 4.77 Å². The van der Waals surface area contributed by atoms with E-state index in [2.05, 4.69) is 9.97 Å². The lowest BCUT2D eigenvalue weighted by Crippen LogP contribution is -2.42. The van der Waals surface area contributed by atoms with Gasteiger partial charge >= 0.3 is 23.6 Å². The summed E-state index contributed by atoms with van der Waals surface area (Å²) in [6.07, 6.45) is -4.56. The predicted molar refractivity (Wildman–Crippen MR) is 90.1 cm³/mol. The third-order valence-electron chi connectivity index (χ3n) is 3.57. The van der Waals surface area contributed by atoms with E-state index < -0.39 is 48.1 Å². The number of ether oxygens (including phenoxy) is 4. The number of carbonyl (C=O) groups excluding carboxylic acids is 3. The van der Waals surface area contributed by atoms with Crippen molar-refractivity contribution in [1.82, 2.24) is 14.5 Å². The third-order valence-corrected chi connectivity index (χ3v) is 3.86. The maximum atomic E-state index is 12.4. The van der Waals surface area contributed by atoms with E-state index in [-0.39, 0.29) is 17.2 Å². The fraction of sp³-hybridized carbons (Fsp3) is 0.600. The van der Waals surface area contributed by atoms with Crippen molar-refractivity contribution in [1.29, 1.82) is 0 Å². The van der Waals surface area contributed by atoms with Crippen molar-refractivity contribution in [2.75, 3.05) is 6.61 Å². The lowest BCUT2D eigenvalue weighted by molar-refractivity contribution is -0.166. The highest BCUT2D eigenvalue weighted by molar-refractivity contribution is 7.71. The normalized spacial score (nSPS) is 24.3. The van der Waals surface area contributed by atoms with Gasteiger partial charge in [0.1, 0.15) is 18.5 Å². The minimum atomic E-state index is -1.23. The van der Waals surface area contributed by atoms with Crippen molar-refractivity contribution in [3.05, 3.63) is 21.1 Å². The molecule has 1 aliphatic rings. The first-order chi connectivity index (χ1) is 12.6. The average molecular weight is 401 g/mol. The van der Waals surface area contributed by atoms with Crippen LogP contribution in [0.4, 0.5) is 0 Å². The molecule has 1 fully saturated rings. The molecular weight excluding hydrogens is 382 g/mol. The summed E-state index contributed by atoms with van der Waals surface area (Å²) in [6.45, 7) is 4.77. The Morgan fingerprint density at radius 1 is 1.15 bits per heavy atom. The molecule has 0 spiro atoms. The zero-order valence-electron chi connectivity index (χ0n) is 15.1. The molecule has 2 heterocycles. The molecule has 0 radical (unpaired) electrons. The molecule has 1 aromatic heterocycles. The lowest BCUT2D eigenvalue weighted by Gasteiger charge is -2.23. The van der Waals surface area contributed by atoms with E-state index >= 15 is 0 Å². The molecule has 1 N–H and O–H groups in total. The van der Waals surface area contributed by atoms with Crippen LogP contribution in [0, 0.1) is 11.7 Å². The van der Waals surface area contributed by atoms with Crippen molar-refractivity contribution < 1.29 is 33.3 Å². The Bertz CT molecular complexity index is 832. The maximum absolute atomic E-state index is 12.4. The van der Waals surface area contributed by atoms with Crippen LogP contribution in [0.5, 0.6) is 0 Å². The van der Waals surface area contributed by atoms with Crippen molar-refractivity contribution >= 4 is 30.1 Å². The van der Waals surface area contributed by atoms with Crippen LogP contribution in [-0.4, -0.2) is 57.4 Å². The molecule has 0 unspecified atom stereocenters. The number of esters is 3. The van der Waals surface area contributed by atoms with Gasteiger partial charge < -0.3 is 18.9 Å². The summed E-state index contributed by atoms with van der Waals surface area (Å²) in [6, 6.07) is 0. The summed E-state index contributed by atoms with van der Waals surface area (Å²) in [7, 11) is 0. The second-order valence-electron chi connectivity index (χ2n) is 5.80. The average Bonchev–Trinajstić information content (AvgIpc) is 2.81. The topological polar surface area (TPSA) is 139 Å². The summed E-state index contributed by atoms with van der Waals surface area (Å²) in [5.74, 6) is -1.66. The minimum Gasteiger partial charge on any atom is -0.463 e. The molecular formula is C15H19N3O8S. The number of aromatic nitrogens is 3. The van der Waals surface area contributed by atoms with E-state index in [1.54, 1.807) is 6.92 Å². The van der Waals surface area contributed by atoms with Crippen LogP contribution in [0.2, 0.25) is 0 Å². The summed E-state index contributed by atoms with van der Waals surface area (Å²) < 4.78 is 22.0. The number of rotatable bonds is 5. The van der Waals surface area contributed by atoms with Gasteiger partial charge in [-0.15, -0.1) is 0 Å². The third kappa shape index (κ3) is 4.98. The molecule has 1 aromatic rings. The highest BCUT2D eigenvalue weighted by atomic mass is 32.1. The van der Waals surface area contributed by atoms with Crippen molar-refractivity contribution in [3.63, 3.8) is 0 Å². The van der Waals surface area contributed by atoms with Crippen LogP contribution in [-0.2, 0) is 33.3 Å². The molecule has 0 amide bonds. The van der Waals surface area contributed by atoms with Crippen LogP contribution < -0.4 is 5.69 Å². The molecule has 27 heavy (non-hydrogen) atoms. The maximum Gasteiger partial charge on any atom is 0.331 e. The Morgan fingerprint density at radius 2 is 1.74 bits per heavy atom. The van der Waals surface area contributed by atoms with Crippen molar-refractivity contribution in [2.45, 2.75) is 52.2 Å². The Balaban J connectivity index is 2.49. The van der Waals surface area contributed by atoms with Crippen LogP contribution in [0.25, 0.3) is 0 Å². The van der Waals surface area contributed by atoms with Crippen molar-refractivity contribution in [3.8, 4) is 0 Å². The smallest absolute Gasteiger partial charge is 0.331 e. The summed E-state index contributed by atoms with van der Waals surface area (Å²) >= 11 is 5.12. The van der Waals surface area contributed by atoms with Crippen LogP contribution in [0.3, 0.4) is 0 Å². The Labute approximate surface area is 158 Å². The van der Waals surface area contributed by atoms with E-state index in [1.807, 2.05) is 0 Å². The molecule has 148 valence electrons. The number of nitrogens with one attached hydrogen (secondary N) is 1. The number of carbonyl (C=O) groups is 3. The molecule has 0 saturated carbocycles. The zero-order chi connectivity index (χ0) is 20.3. The van der Waals surface area contributed by atoms with E-state index in [0.717, 1.165) is 18.4 Å². The molecule has 4 atom stereocenters. The van der Waals surface area contributed by atoms with Gasteiger partial charge in [-0.3, -0.25) is 19.4 Å². The quantitative estimate of drug-likeness (QED) is 0.405. The molecule has 0 bridgehead atoms. The Morgan fingerprint density at radius 3 is 2.26 bits per heavy atom. The van der Waals surface area contributed by atoms with E-state index in [1.165, 1.54) is 6.92 Å². The first kappa shape index (κ1) is 20.7. The largest absolute Gasteiger partial charge is 0.463 e. The molecule has 2 rings (SSSR count). The standard InChI is InChI=1S/C15H19N3O8S/c1-6-16-14(22)18(15(27)17-6)13-12(25-9(4)21)11(24-8(3)20)10(26-13)5-23-7(2)19/h10-13H,5H2,1-4H3,(H,16,17,22,27)/t10-,11-,12-,13-/m1/s1. The summed E-state index contributed by atoms with van der Waals surface area (Å²) in [5.41, 5.74) is -0.649. The highest BCUT2D eigenvalue weighted by Gasteiger charge is 2.51. The Hall–Kier alpha value is -2.60. The molecule has 12 heteroatoms. The van der Waals surface area contributed by atoms with Gasteiger partial charge in [-0.1, -0.05) is 0 Å². The fourth-order valence-corrected chi connectivity index (χ4v) is 2.98. The van der Waals surface area contributed by atoms with Crippen LogP contribution in [0.15, 0.2) is 4.79 Å². The monoisotopic (exact) mass is 401 g/mol. The highest BCUT2D eigenvalue weighted by Crippen LogP contribution is 2.33. The van der Waals surface area contributed by atoms with Gasteiger partial charge in [-0.05, 0) is 19.1 Å². The molecule has 1 aliphatic heterocycles. The predicted octanol–water partition coefficient (Wildman–Crippen LogP) is -0.0668. The minimum absolute atomic E-state index is 0.117. The molecule has 1 saturated heterocycles. The lowest BCUT2D eigenvalue weighted by atomic mass is 10.1.